The van der Waals surface area contributed by atoms with Gasteiger partial charge in [0.25, 0.3) is 0 Å². The smallest absolute Gasteiger partial charge is 0.0726 e. The standard InChI is InChI=1S/C55H37N/c1-3-18-38(19-4-1)39-34-36-41(37-35-39)56(52-32-16-12-22-42(52)40-20-5-2-6-21-40)53-33-17-31-51-54(53)47-27-11-15-30-50(47)55(51)48-28-13-9-25-45(48)43-23-7-8-24-44(43)46-26-10-14-29-49(46)55/h1-37H. The molecule has 2 aliphatic carbocycles. The van der Waals surface area contributed by atoms with Gasteiger partial charge in [-0.25, -0.2) is 0 Å². The maximum Gasteiger partial charge on any atom is 0.0726 e. The molecule has 0 amide bonds. The van der Waals surface area contributed by atoms with E-state index in [1.54, 1.807) is 0 Å². The van der Waals surface area contributed by atoms with E-state index in [9.17, 15) is 0 Å². The molecule has 0 aliphatic heterocycles. The van der Waals surface area contributed by atoms with E-state index >= 15 is 0 Å². The lowest BCUT2D eigenvalue weighted by Gasteiger charge is -2.36. The van der Waals surface area contributed by atoms with Crippen LogP contribution >= 0.6 is 0 Å². The molecule has 0 bridgehead atoms. The Morgan fingerprint density at radius 3 is 1.27 bits per heavy atom. The van der Waals surface area contributed by atoms with Crippen LogP contribution in [0.1, 0.15) is 22.3 Å². The van der Waals surface area contributed by atoms with Gasteiger partial charge in [0.2, 0.25) is 0 Å². The molecule has 11 rings (SSSR count). The van der Waals surface area contributed by atoms with Gasteiger partial charge in [-0.15, -0.1) is 0 Å². The van der Waals surface area contributed by atoms with E-state index in [1.165, 1.54) is 77.9 Å². The van der Waals surface area contributed by atoms with Gasteiger partial charge in [0.05, 0.1) is 16.8 Å². The summed E-state index contributed by atoms with van der Waals surface area (Å²) >= 11 is 0. The molecule has 9 aromatic rings. The molecule has 0 radical (unpaired) electrons. The first kappa shape index (κ1) is 32.2. The predicted molar refractivity (Wildman–Crippen MR) is 234 cm³/mol. The molecule has 9 aromatic carbocycles. The summed E-state index contributed by atoms with van der Waals surface area (Å²) in [6.07, 6.45) is 0. The summed E-state index contributed by atoms with van der Waals surface area (Å²) in [5, 5.41) is 0. The average molecular weight is 712 g/mol. The fourth-order valence-electron chi connectivity index (χ4n) is 9.64. The molecule has 56 heavy (non-hydrogen) atoms. The van der Waals surface area contributed by atoms with Crippen LogP contribution in [0, 0.1) is 0 Å². The van der Waals surface area contributed by atoms with Crippen LogP contribution in [0.3, 0.4) is 0 Å². The van der Waals surface area contributed by atoms with Crippen molar-refractivity contribution in [2.75, 3.05) is 4.90 Å². The average Bonchev–Trinajstić information content (AvgIpc) is 3.53. The summed E-state index contributed by atoms with van der Waals surface area (Å²) in [6.45, 7) is 0. The van der Waals surface area contributed by atoms with Crippen LogP contribution in [-0.2, 0) is 5.41 Å². The number of para-hydroxylation sites is 1. The lowest BCUT2D eigenvalue weighted by atomic mass is 9.66. The van der Waals surface area contributed by atoms with E-state index in [-0.39, 0.29) is 0 Å². The molecule has 0 atom stereocenters. The van der Waals surface area contributed by atoms with Gasteiger partial charge in [-0.1, -0.05) is 200 Å². The fourth-order valence-corrected chi connectivity index (χ4v) is 9.64. The number of fused-ring (bicyclic) bond motifs is 12. The Hall–Kier alpha value is -7.22. The Morgan fingerprint density at radius 1 is 0.250 bits per heavy atom. The highest BCUT2D eigenvalue weighted by atomic mass is 15.1. The Labute approximate surface area is 328 Å². The monoisotopic (exact) mass is 711 g/mol. The van der Waals surface area contributed by atoms with Crippen LogP contribution in [0.5, 0.6) is 0 Å². The minimum atomic E-state index is -0.560. The molecule has 0 unspecified atom stereocenters. The molecular formula is C55H37N. The largest absolute Gasteiger partial charge is 0.309 e. The van der Waals surface area contributed by atoms with Gasteiger partial charge in [0, 0.05) is 16.8 Å². The Balaban J connectivity index is 1.24. The second-order valence-electron chi connectivity index (χ2n) is 14.8. The number of nitrogens with zero attached hydrogens (tertiary/aromatic N) is 1. The summed E-state index contributed by atoms with van der Waals surface area (Å²) in [5.41, 5.74) is 20.4. The van der Waals surface area contributed by atoms with Crippen LogP contribution in [0.15, 0.2) is 224 Å². The minimum absolute atomic E-state index is 0.560. The van der Waals surface area contributed by atoms with E-state index in [2.05, 4.69) is 229 Å². The van der Waals surface area contributed by atoms with Gasteiger partial charge in [0.1, 0.15) is 0 Å². The number of benzene rings is 9. The maximum atomic E-state index is 2.50. The lowest BCUT2D eigenvalue weighted by Crippen LogP contribution is -2.29. The number of rotatable bonds is 5. The lowest BCUT2D eigenvalue weighted by molar-refractivity contribution is 0.775. The van der Waals surface area contributed by atoms with Gasteiger partial charge in [-0.05, 0) is 91.0 Å². The summed E-state index contributed by atoms with van der Waals surface area (Å²) in [6, 6.07) is 82.7. The van der Waals surface area contributed by atoms with Gasteiger partial charge >= 0.3 is 0 Å². The highest BCUT2D eigenvalue weighted by Gasteiger charge is 2.50. The predicted octanol–water partition coefficient (Wildman–Crippen LogP) is 14.5. The fraction of sp³-hybridized carbons (Fsp3) is 0.0182. The molecule has 1 spiro atoms. The van der Waals surface area contributed by atoms with Crippen molar-refractivity contribution in [1.82, 2.24) is 0 Å². The molecule has 2 aliphatic rings. The Morgan fingerprint density at radius 2 is 0.661 bits per heavy atom. The topological polar surface area (TPSA) is 3.24 Å². The van der Waals surface area contributed by atoms with Crippen molar-refractivity contribution < 1.29 is 0 Å². The Kier molecular flexibility index (Phi) is 7.47. The summed E-state index contributed by atoms with van der Waals surface area (Å²) in [4.78, 5) is 2.50. The molecule has 0 saturated heterocycles. The third kappa shape index (κ3) is 4.74. The van der Waals surface area contributed by atoms with Crippen LogP contribution in [-0.4, -0.2) is 0 Å². The molecule has 0 aromatic heterocycles. The van der Waals surface area contributed by atoms with Crippen molar-refractivity contribution in [2.45, 2.75) is 5.41 Å². The summed E-state index contributed by atoms with van der Waals surface area (Å²) in [5.74, 6) is 0. The van der Waals surface area contributed by atoms with E-state index in [4.69, 9.17) is 0 Å². The minimum Gasteiger partial charge on any atom is -0.309 e. The van der Waals surface area contributed by atoms with Gasteiger partial charge in [-0.2, -0.15) is 0 Å². The quantitative estimate of drug-likeness (QED) is 0.172. The number of hydrogen-bond donors (Lipinski definition) is 0. The highest BCUT2D eigenvalue weighted by Crippen LogP contribution is 2.63. The van der Waals surface area contributed by atoms with Gasteiger partial charge < -0.3 is 4.90 Å². The molecule has 0 N–H and O–H groups in total. The van der Waals surface area contributed by atoms with Crippen molar-refractivity contribution in [3.63, 3.8) is 0 Å². The molecule has 1 nitrogen and oxygen atoms in total. The molecule has 0 saturated carbocycles. The second-order valence-corrected chi connectivity index (χ2v) is 14.8. The first-order valence-corrected chi connectivity index (χ1v) is 19.4. The third-order valence-corrected chi connectivity index (χ3v) is 11.9. The van der Waals surface area contributed by atoms with Crippen molar-refractivity contribution in [3.05, 3.63) is 247 Å². The first-order valence-electron chi connectivity index (χ1n) is 19.4. The highest BCUT2D eigenvalue weighted by molar-refractivity contribution is 6.02. The van der Waals surface area contributed by atoms with Crippen LogP contribution in [0.25, 0.3) is 55.6 Å². The van der Waals surface area contributed by atoms with Crippen LogP contribution < -0.4 is 4.90 Å². The summed E-state index contributed by atoms with van der Waals surface area (Å²) in [7, 11) is 0. The van der Waals surface area contributed by atoms with Gasteiger partial charge in [0.15, 0.2) is 0 Å². The normalized spacial score (nSPS) is 12.8. The second kappa shape index (κ2) is 13.0. The van der Waals surface area contributed by atoms with E-state index in [1.807, 2.05) is 0 Å². The zero-order valence-electron chi connectivity index (χ0n) is 30.8. The maximum absolute atomic E-state index is 2.50. The van der Waals surface area contributed by atoms with Gasteiger partial charge in [-0.3, -0.25) is 0 Å². The molecule has 1 heteroatoms. The van der Waals surface area contributed by atoms with E-state index in [0.29, 0.717) is 0 Å². The molecule has 0 fully saturated rings. The van der Waals surface area contributed by atoms with Crippen LogP contribution in [0.2, 0.25) is 0 Å². The number of anilines is 3. The summed E-state index contributed by atoms with van der Waals surface area (Å²) < 4.78 is 0. The SMILES string of the molecule is c1ccc(-c2ccc(N(c3ccccc3-c3ccccc3)c3cccc4c3-c3ccccc3C43c4ccccc4-c4ccccc4-c4ccccc43)cc2)cc1. The van der Waals surface area contributed by atoms with Crippen LogP contribution in [0.4, 0.5) is 17.1 Å². The molecule has 0 heterocycles. The van der Waals surface area contributed by atoms with E-state index in [0.717, 1.165) is 17.1 Å². The first-order chi connectivity index (χ1) is 27.8. The zero-order valence-corrected chi connectivity index (χ0v) is 30.8. The van der Waals surface area contributed by atoms with Crippen molar-refractivity contribution in [3.8, 4) is 55.6 Å². The van der Waals surface area contributed by atoms with Crippen molar-refractivity contribution in [1.29, 1.82) is 0 Å². The third-order valence-electron chi connectivity index (χ3n) is 11.9. The van der Waals surface area contributed by atoms with Crippen molar-refractivity contribution in [2.24, 2.45) is 0 Å². The van der Waals surface area contributed by atoms with E-state index < -0.39 is 5.41 Å². The number of hydrogen-bond acceptors (Lipinski definition) is 1. The van der Waals surface area contributed by atoms with Crippen molar-refractivity contribution >= 4 is 17.1 Å². The zero-order chi connectivity index (χ0) is 37.1. The molecule has 262 valence electrons. The Bertz CT molecular complexity index is 2840. The molecular weight excluding hydrogens is 675 g/mol.